The van der Waals surface area contributed by atoms with E-state index in [1.807, 2.05) is 23.1 Å². The number of pyridine rings is 1. The van der Waals surface area contributed by atoms with E-state index >= 15 is 0 Å². The van der Waals surface area contributed by atoms with Crippen LogP contribution in [0.2, 0.25) is 0 Å². The zero-order valence-electron chi connectivity index (χ0n) is 11.7. The third-order valence-electron chi connectivity index (χ3n) is 3.65. The molecule has 0 bridgehead atoms. The number of nitrogens with two attached hydrogens (primary N) is 1. The van der Waals surface area contributed by atoms with Crippen LogP contribution in [0, 0.1) is 16.0 Å². The minimum absolute atomic E-state index is 0.0341. The lowest BCUT2D eigenvalue weighted by atomic mass is 9.94. The maximum atomic E-state index is 11.0. The molecule has 6 nitrogen and oxygen atoms in total. The highest BCUT2D eigenvalue weighted by molar-refractivity contribution is 5.68. The van der Waals surface area contributed by atoms with Crippen LogP contribution >= 0.6 is 0 Å². The number of hydrogen-bond acceptors (Lipinski definition) is 5. The number of nitrogens with zero attached hydrogens (tertiary/aromatic N) is 3. The molecular formula is C15H16N4O2. The van der Waals surface area contributed by atoms with Crippen LogP contribution in [0.1, 0.15) is 12.5 Å². The van der Waals surface area contributed by atoms with Gasteiger partial charge in [-0.3, -0.25) is 10.1 Å². The molecule has 2 aromatic rings. The fourth-order valence-electron chi connectivity index (χ4n) is 2.78. The van der Waals surface area contributed by atoms with Crippen molar-refractivity contribution in [3.63, 3.8) is 0 Å². The second kappa shape index (κ2) is 5.05. The number of aromatic nitrogens is 1. The van der Waals surface area contributed by atoms with E-state index in [1.165, 1.54) is 17.7 Å². The molecule has 21 heavy (non-hydrogen) atoms. The smallest absolute Gasteiger partial charge is 0.276 e. The van der Waals surface area contributed by atoms with Gasteiger partial charge in [-0.05, 0) is 24.0 Å². The largest absolute Gasteiger partial charge is 0.383 e. The number of fused-ring (bicyclic) bond motifs is 1. The molecule has 108 valence electrons. The van der Waals surface area contributed by atoms with Crippen molar-refractivity contribution in [2.75, 3.05) is 17.2 Å². The summed E-state index contributed by atoms with van der Waals surface area (Å²) < 4.78 is 0. The predicted molar refractivity (Wildman–Crippen MR) is 81.6 cm³/mol. The Morgan fingerprint density at radius 2 is 2.14 bits per heavy atom. The number of anilines is 3. The number of nitrogen functional groups attached to an aromatic ring is 1. The molecule has 0 spiro atoms. The molecule has 2 N–H and O–H groups in total. The van der Waals surface area contributed by atoms with Gasteiger partial charge < -0.3 is 10.6 Å². The van der Waals surface area contributed by atoms with Gasteiger partial charge in [0.15, 0.2) is 0 Å². The van der Waals surface area contributed by atoms with E-state index in [0.717, 1.165) is 18.7 Å². The van der Waals surface area contributed by atoms with E-state index in [9.17, 15) is 10.1 Å². The van der Waals surface area contributed by atoms with E-state index < -0.39 is 4.92 Å². The Labute approximate surface area is 122 Å². The van der Waals surface area contributed by atoms with Crippen LogP contribution in [0.4, 0.5) is 23.0 Å². The van der Waals surface area contributed by atoms with Crippen molar-refractivity contribution in [3.05, 3.63) is 52.1 Å². The summed E-state index contributed by atoms with van der Waals surface area (Å²) in [6.07, 6.45) is 0.997. The first-order valence-corrected chi connectivity index (χ1v) is 6.82. The molecular weight excluding hydrogens is 268 g/mol. The van der Waals surface area contributed by atoms with Crippen LogP contribution < -0.4 is 10.6 Å². The first kappa shape index (κ1) is 13.4. The van der Waals surface area contributed by atoms with Gasteiger partial charge in [-0.1, -0.05) is 25.1 Å². The number of rotatable bonds is 2. The summed E-state index contributed by atoms with van der Waals surface area (Å²) in [5.74, 6) is 1.14. The molecule has 0 aliphatic carbocycles. The monoisotopic (exact) mass is 284 g/mol. The lowest BCUT2D eigenvalue weighted by Crippen LogP contribution is -2.31. The molecule has 1 atom stereocenters. The molecule has 0 saturated carbocycles. The molecule has 0 fully saturated rings. The summed E-state index contributed by atoms with van der Waals surface area (Å²) in [5, 5.41) is 11.0. The fourth-order valence-corrected chi connectivity index (χ4v) is 2.78. The van der Waals surface area contributed by atoms with Crippen molar-refractivity contribution in [2.45, 2.75) is 13.3 Å². The first-order chi connectivity index (χ1) is 10.0. The molecule has 0 saturated heterocycles. The van der Waals surface area contributed by atoms with E-state index in [1.54, 1.807) is 0 Å². The number of benzene rings is 1. The summed E-state index contributed by atoms with van der Waals surface area (Å²) in [6.45, 7) is 2.92. The molecule has 2 heterocycles. The second-order valence-electron chi connectivity index (χ2n) is 5.41. The van der Waals surface area contributed by atoms with Gasteiger partial charge in [0.1, 0.15) is 11.6 Å². The molecule has 3 rings (SSSR count). The molecule has 6 heteroatoms. The topological polar surface area (TPSA) is 85.3 Å². The highest BCUT2D eigenvalue weighted by Crippen LogP contribution is 2.35. The molecule has 1 aromatic heterocycles. The van der Waals surface area contributed by atoms with E-state index in [4.69, 9.17) is 5.73 Å². The maximum Gasteiger partial charge on any atom is 0.276 e. The minimum Gasteiger partial charge on any atom is -0.383 e. The molecule has 1 aliphatic rings. The highest BCUT2D eigenvalue weighted by atomic mass is 16.6. The third-order valence-corrected chi connectivity index (χ3v) is 3.65. The summed E-state index contributed by atoms with van der Waals surface area (Å²) >= 11 is 0. The van der Waals surface area contributed by atoms with E-state index in [-0.39, 0.29) is 11.5 Å². The Kier molecular flexibility index (Phi) is 3.21. The second-order valence-corrected chi connectivity index (χ2v) is 5.41. The van der Waals surface area contributed by atoms with Crippen molar-refractivity contribution in [1.82, 2.24) is 4.98 Å². The molecule has 1 aliphatic heterocycles. The van der Waals surface area contributed by atoms with Gasteiger partial charge in [0.2, 0.25) is 0 Å². The van der Waals surface area contributed by atoms with Crippen molar-refractivity contribution in [3.8, 4) is 0 Å². The molecule has 0 amide bonds. The minimum atomic E-state index is -0.444. The Morgan fingerprint density at radius 3 is 2.90 bits per heavy atom. The zero-order chi connectivity index (χ0) is 15.0. The van der Waals surface area contributed by atoms with Crippen molar-refractivity contribution < 1.29 is 4.92 Å². The predicted octanol–water partition coefficient (Wildman–Crippen LogP) is 2.90. The zero-order valence-corrected chi connectivity index (χ0v) is 11.7. The molecule has 1 unspecified atom stereocenters. The van der Waals surface area contributed by atoms with Gasteiger partial charge in [-0.15, -0.1) is 0 Å². The highest BCUT2D eigenvalue weighted by Gasteiger charge is 2.25. The van der Waals surface area contributed by atoms with Crippen LogP contribution in [0.25, 0.3) is 0 Å². The Morgan fingerprint density at radius 1 is 1.38 bits per heavy atom. The van der Waals surface area contributed by atoms with Crippen LogP contribution in [-0.2, 0) is 6.42 Å². The van der Waals surface area contributed by atoms with E-state index in [0.29, 0.717) is 11.7 Å². The standard InChI is InChI=1S/C15H16N4O2/c1-10-6-11-4-2-3-5-13(11)18(9-10)15-8-12(19(20)21)7-14(16)17-15/h2-5,7-8,10H,6,9H2,1H3,(H2,16,17). The maximum absolute atomic E-state index is 11.0. The van der Waals surface area contributed by atoms with Crippen LogP contribution in [0.5, 0.6) is 0 Å². The summed E-state index contributed by atoms with van der Waals surface area (Å²) in [4.78, 5) is 16.8. The quantitative estimate of drug-likeness (QED) is 0.677. The van der Waals surface area contributed by atoms with Gasteiger partial charge in [0.25, 0.3) is 5.69 Å². The van der Waals surface area contributed by atoms with Crippen LogP contribution in [-0.4, -0.2) is 16.5 Å². The third kappa shape index (κ3) is 2.52. The molecule has 0 radical (unpaired) electrons. The Bertz CT molecular complexity index is 702. The van der Waals surface area contributed by atoms with Crippen molar-refractivity contribution in [1.29, 1.82) is 0 Å². The summed E-state index contributed by atoms with van der Waals surface area (Å²) in [5.41, 5.74) is 7.95. The van der Waals surface area contributed by atoms with Crippen LogP contribution in [0.15, 0.2) is 36.4 Å². The first-order valence-electron chi connectivity index (χ1n) is 6.82. The average molecular weight is 284 g/mol. The van der Waals surface area contributed by atoms with Gasteiger partial charge in [-0.25, -0.2) is 4.98 Å². The average Bonchev–Trinajstić information content (AvgIpc) is 2.45. The number of hydrogen-bond donors (Lipinski definition) is 1. The van der Waals surface area contributed by atoms with E-state index in [2.05, 4.69) is 18.0 Å². The lowest BCUT2D eigenvalue weighted by molar-refractivity contribution is -0.384. The summed E-state index contributed by atoms with van der Waals surface area (Å²) in [7, 11) is 0. The van der Waals surface area contributed by atoms with Crippen molar-refractivity contribution >= 4 is 23.0 Å². The van der Waals surface area contributed by atoms with Gasteiger partial charge in [-0.2, -0.15) is 0 Å². The lowest BCUT2D eigenvalue weighted by Gasteiger charge is -2.34. The van der Waals surface area contributed by atoms with Gasteiger partial charge in [0, 0.05) is 12.2 Å². The van der Waals surface area contributed by atoms with Crippen LogP contribution in [0.3, 0.4) is 0 Å². The van der Waals surface area contributed by atoms with Gasteiger partial charge in [0.05, 0.1) is 17.1 Å². The van der Waals surface area contributed by atoms with Crippen molar-refractivity contribution in [2.24, 2.45) is 5.92 Å². The SMILES string of the molecule is CC1Cc2ccccc2N(c2cc([N+](=O)[O-])cc(N)n2)C1. The summed E-state index contributed by atoms with van der Waals surface area (Å²) in [6, 6.07) is 10.8. The molecule has 1 aromatic carbocycles. The number of para-hydroxylation sites is 1. The number of nitro groups is 1. The Hall–Kier alpha value is -2.63. The van der Waals surface area contributed by atoms with Gasteiger partial charge >= 0.3 is 0 Å². The Balaban J connectivity index is 2.10. The normalized spacial score (nSPS) is 17.4. The fraction of sp³-hybridized carbons (Fsp3) is 0.267.